The second-order valence-corrected chi connectivity index (χ2v) is 9.19. The summed E-state index contributed by atoms with van der Waals surface area (Å²) in [6, 6.07) is 7.61. The molecule has 7 heteroatoms. The molecule has 1 spiro atoms. The molecule has 4 heterocycles. The van der Waals surface area contributed by atoms with Crippen molar-refractivity contribution in [2.45, 2.75) is 50.0 Å². The van der Waals surface area contributed by atoms with Crippen molar-refractivity contribution in [1.82, 2.24) is 10.3 Å². The highest BCUT2D eigenvalue weighted by Crippen LogP contribution is 2.62. The molecule has 1 aliphatic carbocycles. The lowest BCUT2D eigenvalue weighted by Crippen LogP contribution is -2.71. The van der Waals surface area contributed by atoms with E-state index in [2.05, 4.69) is 22.5 Å². The maximum Gasteiger partial charge on any atom is 0.251 e. The van der Waals surface area contributed by atoms with Crippen LogP contribution in [0.2, 0.25) is 0 Å². The molecule has 1 aromatic carbocycles. The molecule has 0 atom stereocenters. The van der Waals surface area contributed by atoms with Crippen LogP contribution in [0.1, 0.15) is 40.8 Å². The van der Waals surface area contributed by atoms with Crippen LogP contribution in [0.5, 0.6) is 0 Å². The highest BCUT2D eigenvalue weighted by Gasteiger charge is 2.76. The van der Waals surface area contributed by atoms with Crippen LogP contribution in [0, 0.1) is 6.92 Å². The molecule has 0 unspecified atom stereocenters. The van der Waals surface area contributed by atoms with Crippen molar-refractivity contribution < 1.29 is 14.3 Å². The van der Waals surface area contributed by atoms with Crippen molar-refractivity contribution >= 4 is 22.9 Å². The first kappa shape index (κ1) is 17.2. The number of amides is 1. The Labute approximate surface area is 162 Å². The van der Waals surface area contributed by atoms with E-state index in [1.807, 2.05) is 36.6 Å². The van der Waals surface area contributed by atoms with Gasteiger partial charge in [0.25, 0.3) is 5.91 Å². The summed E-state index contributed by atoms with van der Waals surface area (Å²) in [5.41, 5.74) is 1.85. The molecule has 27 heavy (non-hydrogen) atoms. The maximum absolute atomic E-state index is 12.9. The van der Waals surface area contributed by atoms with Crippen molar-refractivity contribution in [2.24, 2.45) is 0 Å². The van der Waals surface area contributed by atoms with Crippen molar-refractivity contribution in [3.05, 3.63) is 45.9 Å². The summed E-state index contributed by atoms with van der Waals surface area (Å²) in [5.74, 6) is -0.0532. The minimum Gasteiger partial charge on any atom is -0.379 e. The smallest absolute Gasteiger partial charge is 0.251 e. The first-order valence-electron chi connectivity index (χ1n) is 9.27. The van der Waals surface area contributed by atoms with Gasteiger partial charge < -0.3 is 20.1 Å². The maximum atomic E-state index is 12.9. The number of anilines is 1. The van der Waals surface area contributed by atoms with E-state index in [1.165, 1.54) is 0 Å². The summed E-state index contributed by atoms with van der Waals surface area (Å²) in [7, 11) is 0. The standard InChI is InChI=1S/C20H23N3O3S/c1-13-8-27-16(22-13)7-21-15-5-3-4-14(6-15)17(24)23-19-9-18(2,10-19)26-20(19)11-25-12-20/h3-6,8,21H,7,9-12H2,1-2H3,(H,23,24). The zero-order valence-electron chi connectivity index (χ0n) is 15.5. The minimum absolute atomic E-state index is 0.0532. The number of carbonyl (C=O) groups excluding carboxylic acids is 1. The number of hydrogen-bond acceptors (Lipinski definition) is 6. The quantitative estimate of drug-likeness (QED) is 0.828. The van der Waals surface area contributed by atoms with Crippen molar-refractivity contribution in [3.63, 3.8) is 0 Å². The van der Waals surface area contributed by atoms with Crippen LogP contribution >= 0.6 is 11.3 Å². The van der Waals surface area contributed by atoms with Gasteiger partial charge in [-0.1, -0.05) is 6.07 Å². The molecule has 4 aliphatic rings. The predicted molar refractivity (Wildman–Crippen MR) is 103 cm³/mol. The Hall–Kier alpha value is -1.96. The van der Waals surface area contributed by atoms with Gasteiger partial charge in [0, 0.05) is 35.2 Å². The molecule has 3 saturated heterocycles. The number of thiazole rings is 1. The predicted octanol–water partition coefficient (Wildman–Crippen LogP) is 2.88. The number of aromatic nitrogens is 1. The van der Waals surface area contributed by atoms with Crippen molar-refractivity contribution in [2.75, 3.05) is 18.5 Å². The summed E-state index contributed by atoms with van der Waals surface area (Å²) in [5, 5.41) is 9.70. The highest BCUT2D eigenvalue weighted by molar-refractivity contribution is 7.09. The monoisotopic (exact) mass is 385 g/mol. The van der Waals surface area contributed by atoms with Crippen LogP contribution in [0.3, 0.4) is 0 Å². The van der Waals surface area contributed by atoms with E-state index in [4.69, 9.17) is 9.47 Å². The molecule has 6 nitrogen and oxygen atoms in total. The lowest BCUT2D eigenvalue weighted by atomic mass is 9.61. The molecular weight excluding hydrogens is 362 g/mol. The number of carbonyl (C=O) groups is 1. The van der Waals surface area contributed by atoms with Crippen LogP contribution in [-0.2, 0) is 16.0 Å². The molecule has 2 aromatic rings. The van der Waals surface area contributed by atoms with E-state index >= 15 is 0 Å². The van der Waals surface area contributed by atoms with E-state index in [0.29, 0.717) is 25.3 Å². The van der Waals surface area contributed by atoms with Gasteiger partial charge in [-0.05, 0) is 32.0 Å². The summed E-state index contributed by atoms with van der Waals surface area (Å²) in [6.45, 7) is 5.90. The normalized spacial score (nSPS) is 29.9. The Kier molecular flexibility index (Phi) is 3.67. The summed E-state index contributed by atoms with van der Waals surface area (Å²) in [4.78, 5) is 17.4. The zero-order chi connectivity index (χ0) is 18.7. The van der Waals surface area contributed by atoms with Gasteiger partial charge in [0.05, 0.1) is 30.9 Å². The fourth-order valence-corrected chi connectivity index (χ4v) is 5.45. The number of nitrogens with one attached hydrogen (secondary N) is 2. The first-order chi connectivity index (χ1) is 12.9. The van der Waals surface area contributed by atoms with Gasteiger partial charge >= 0.3 is 0 Å². The number of rotatable bonds is 5. The molecule has 4 fully saturated rings. The van der Waals surface area contributed by atoms with Gasteiger partial charge in [0.1, 0.15) is 10.6 Å². The molecule has 1 saturated carbocycles. The van der Waals surface area contributed by atoms with E-state index in [9.17, 15) is 4.79 Å². The number of hydrogen-bond donors (Lipinski definition) is 2. The van der Waals surface area contributed by atoms with Gasteiger partial charge in [-0.25, -0.2) is 4.98 Å². The molecule has 1 amide bonds. The lowest BCUT2D eigenvalue weighted by Gasteiger charge is -2.50. The van der Waals surface area contributed by atoms with Gasteiger partial charge in [0.2, 0.25) is 0 Å². The number of nitrogens with zero attached hydrogens (tertiary/aromatic N) is 1. The number of aryl methyl sites for hydroxylation is 1. The molecule has 2 N–H and O–H groups in total. The van der Waals surface area contributed by atoms with Crippen molar-refractivity contribution in [3.8, 4) is 0 Å². The molecule has 6 rings (SSSR count). The fourth-order valence-electron chi connectivity index (χ4n) is 4.74. The zero-order valence-corrected chi connectivity index (χ0v) is 16.3. The summed E-state index contributed by atoms with van der Waals surface area (Å²) >= 11 is 1.63. The third kappa shape index (κ3) is 2.68. The lowest BCUT2D eigenvalue weighted by molar-refractivity contribution is -0.205. The highest BCUT2D eigenvalue weighted by atomic mass is 32.1. The van der Waals surface area contributed by atoms with Crippen LogP contribution in [0.4, 0.5) is 5.69 Å². The third-order valence-electron chi connectivity index (χ3n) is 5.92. The second-order valence-electron chi connectivity index (χ2n) is 8.25. The van der Waals surface area contributed by atoms with Crippen LogP contribution in [-0.4, -0.2) is 40.8 Å². The largest absolute Gasteiger partial charge is 0.379 e. The van der Waals surface area contributed by atoms with Gasteiger partial charge in [0.15, 0.2) is 0 Å². The van der Waals surface area contributed by atoms with Gasteiger partial charge in [-0.15, -0.1) is 11.3 Å². The van der Waals surface area contributed by atoms with E-state index in [0.717, 1.165) is 29.2 Å². The SMILES string of the molecule is Cc1csc(CNc2cccc(C(=O)NC34CC(C)(C3)OC43COC3)c2)n1. The van der Waals surface area contributed by atoms with Crippen LogP contribution in [0.25, 0.3) is 0 Å². The topological polar surface area (TPSA) is 72.5 Å². The minimum atomic E-state index is -0.337. The Morgan fingerprint density at radius 2 is 2.15 bits per heavy atom. The first-order valence-corrected chi connectivity index (χ1v) is 10.1. The Bertz CT molecular complexity index is 899. The van der Waals surface area contributed by atoms with Crippen LogP contribution in [0.15, 0.2) is 29.6 Å². The van der Waals surface area contributed by atoms with E-state index < -0.39 is 0 Å². The Morgan fingerprint density at radius 3 is 2.81 bits per heavy atom. The Balaban J connectivity index is 1.28. The summed E-state index contributed by atoms with van der Waals surface area (Å²) in [6.07, 6.45) is 1.72. The third-order valence-corrected chi connectivity index (χ3v) is 6.89. The molecule has 1 aromatic heterocycles. The molecule has 0 radical (unpaired) electrons. The van der Waals surface area contributed by atoms with Gasteiger partial charge in [-0.3, -0.25) is 4.79 Å². The molecule has 2 bridgehead atoms. The fraction of sp³-hybridized carbons (Fsp3) is 0.500. The van der Waals surface area contributed by atoms with E-state index in [-0.39, 0.29) is 22.6 Å². The van der Waals surface area contributed by atoms with Gasteiger partial charge in [-0.2, -0.15) is 0 Å². The number of benzene rings is 1. The average molecular weight is 385 g/mol. The average Bonchev–Trinajstić information content (AvgIpc) is 3.19. The second kappa shape index (κ2) is 5.77. The summed E-state index contributed by atoms with van der Waals surface area (Å²) < 4.78 is 11.7. The number of ether oxygens (including phenoxy) is 2. The molecule has 3 aliphatic heterocycles. The molecular formula is C20H23N3O3S. The van der Waals surface area contributed by atoms with Crippen molar-refractivity contribution in [1.29, 1.82) is 0 Å². The van der Waals surface area contributed by atoms with E-state index in [1.54, 1.807) is 11.3 Å². The Morgan fingerprint density at radius 1 is 1.33 bits per heavy atom. The van der Waals surface area contributed by atoms with Crippen LogP contribution < -0.4 is 10.6 Å². The molecule has 142 valence electrons.